The summed E-state index contributed by atoms with van der Waals surface area (Å²) in [5.41, 5.74) is 6.99. The lowest BCUT2D eigenvalue weighted by Gasteiger charge is -2.08. The van der Waals surface area contributed by atoms with Gasteiger partial charge in [0, 0.05) is 0 Å². The van der Waals surface area contributed by atoms with Crippen molar-refractivity contribution in [3.8, 4) is 5.75 Å². The van der Waals surface area contributed by atoms with Crippen molar-refractivity contribution >= 4 is 27.4 Å². The van der Waals surface area contributed by atoms with Gasteiger partial charge in [0.15, 0.2) is 5.82 Å². The summed E-state index contributed by atoms with van der Waals surface area (Å²) >= 11 is 1.55. The minimum atomic E-state index is 0.322. The number of thiophene rings is 1. The van der Waals surface area contributed by atoms with Gasteiger partial charge in [0.2, 0.25) is 0 Å². The molecular weight excluding hydrogens is 258 g/mol. The van der Waals surface area contributed by atoms with Crippen molar-refractivity contribution in [3.63, 3.8) is 0 Å². The van der Waals surface area contributed by atoms with Crippen molar-refractivity contribution in [2.24, 2.45) is 0 Å². The van der Waals surface area contributed by atoms with Crippen molar-refractivity contribution in [1.29, 1.82) is 0 Å². The number of rotatable bonds is 3. The fourth-order valence-corrected chi connectivity index (χ4v) is 2.64. The highest BCUT2D eigenvalue weighted by molar-refractivity contribution is 7.16. The van der Waals surface area contributed by atoms with Crippen LogP contribution in [0.25, 0.3) is 10.2 Å². The minimum absolute atomic E-state index is 0.322. The quantitative estimate of drug-likeness (QED) is 0.795. The van der Waals surface area contributed by atoms with Gasteiger partial charge in [-0.15, -0.1) is 11.3 Å². The maximum Gasteiger partial charge on any atom is 0.169 e. The van der Waals surface area contributed by atoms with Crippen molar-refractivity contribution < 1.29 is 4.74 Å². The van der Waals surface area contributed by atoms with Crippen molar-refractivity contribution in [2.45, 2.75) is 13.5 Å². The van der Waals surface area contributed by atoms with Gasteiger partial charge >= 0.3 is 0 Å². The molecule has 2 heterocycles. The van der Waals surface area contributed by atoms with Gasteiger partial charge in [-0.25, -0.2) is 9.97 Å². The molecule has 0 aliphatic rings. The molecule has 0 saturated heterocycles. The molecule has 3 rings (SSSR count). The van der Waals surface area contributed by atoms with Crippen LogP contribution in [0.15, 0.2) is 35.7 Å². The van der Waals surface area contributed by atoms with Crippen LogP contribution in [-0.4, -0.2) is 9.97 Å². The SMILES string of the molecule is Cc1ccccc1OCc1nc(N)c2ccsc2n1. The number of hydrogen-bond donors (Lipinski definition) is 1. The molecule has 0 aliphatic heterocycles. The van der Waals surface area contributed by atoms with E-state index in [2.05, 4.69) is 9.97 Å². The van der Waals surface area contributed by atoms with Gasteiger partial charge in [0.1, 0.15) is 23.0 Å². The molecule has 3 aromatic rings. The highest BCUT2D eigenvalue weighted by atomic mass is 32.1. The molecule has 4 nitrogen and oxygen atoms in total. The molecule has 0 aliphatic carbocycles. The Hall–Kier alpha value is -2.14. The van der Waals surface area contributed by atoms with Crippen LogP contribution in [0.5, 0.6) is 5.75 Å². The molecule has 0 spiro atoms. The topological polar surface area (TPSA) is 61.0 Å². The van der Waals surface area contributed by atoms with Gasteiger partial charge in [-0.1, -0.05) is 18.2 Å². The number of aryl methyl sites for hydroxylation is 1. The lowest BCUT2D eigenvalue weighted by molar-refractivity contribution is 0.294. The van der Waals surface area contributed by atoms with Gasteiger partial charge in [-0.3, -0.25) is 0 Å². The third-order valence-electron chi connectivity index (χ3n) is 2.85. The molecule has 96 valence electrons. The molecule has 19 heavy (non-hydrogen) atoms. The zero-order chi connectivity index (χ0) is 13.2. The molecule has 0 bridgehead atoms. The number of nitrogens with zero attached hydrogens (tertiary/aromatic N) is 2. The Bertz CT molecular complexity index is 724. The van der Waals surface area contributed by atoms with Crippen LogP contribution in [-0.2, 0) is 6.61 Å². The van der Waals surface area contributed by atoms with E-state index in [4.69, 9.17) is 10.5 Å². The normalized spacial score (nSPS) is 10.8. The number of aromatic nitrogens is 2. The smallest absolute Gasteiger partial charge is 0.169 e. The summed E-state index contributed by atoms with van der Waals surface area (Å²) in [5.74, 6) is 1.96. The molecule has 2 N–H and O–H groups in total. The van der Waals surface area contributed by atoms with Crippen LogP contribution in [0.4, 0.5) is 5.82 Å². The second-order valence-electron chi connectivity index (χ2n) is 4.22. The van der Waals surface area contributed by atoms with E-state index in [0.717, 1.165) is 21.5 Å². The van der Waals surface area contributed by atoms with E-state index in [0.29, 0.717) is 18.2 Å². The molecule has 0 fully saturated rings. The Morgan fingerprint density at radius 2 is 2.05 bits per heavy atom. The lowest BCUT2D eigenvalue weighted by Crippen LogP contribution is -2.04. The third-order valence-corrected chi connectivity index (χ3v) is 3.66. The summed E-state index contributed by atoms with van der Waals surface area (Å²) in [7, 11) is 0. The summed E-state index contributed by atoms with van der Waals surface area (Å²) < 4.78 is 5.73. The van der Waals surface area contributed by atoms with E-state index in [-0.39, 0.29) is 0 Å². The molecule has 2 aromatic heterocycles. The Labute approximate surface area is 114 Å². The number of para-hydroxylation sites is 1. The zero-order valence-electron chi connectivity index (χ0n) is 10.5. The maximum atomic E-state index is 5.90. The van der Waals surface area contributed by atoms with Crippen LogP contribution in [0, 0.1) is 6.92 Å². The van der Waals surface area contributed by atoms with Crippen molar-refractivity contribution in [1.82, 2.24) is 9.97 Å². The standard InChI is InChI=1S/C14H13N3OS/c1-9-4-2-3-5-11(9)18-8-12-16-13(15)10-6-7-19-14(10)17-12/h2-7H,8H2,1H3,(H2,15,16,17). The Balaban J connectivity index is 1.84. The second-order valence-corrected chi connectivity index (χ2v) is 5.11. The van der Waals surface area contributed by atoms with Crippen LogP contribution in [0.3, 0.4) is 0 Å². The highest BCUT2D eigenvalue weighted by Gasteiger charge is 2.07. The summed E-state index contributed by atoms with van der Waals surface area (Å²) in [6.45, 7) is 2.33. The molecule has 0 unspecified atom stereocenters. The van der Waals surface area contributed by atoms with E-state index < -0.39 is 0 Å². The van der Waals surface area contributed by atoms with E-state index in [1.165, 1.54) is 0 Å². The minimum Gasteiger partial charge on any atom is -0.485 e. The van der Waals surface area contributed by atoms with E-state index in [1.807, 2.05) is 42.6 Å². The summed E-state index contributed by atoms with van der Waals surface area (Å²) in [6.07, 6.45) is 0. The average molecular weight is 271 g/mol. The molecular formula is C14H13N3OS. The van der Waals surface area contributed by atoms with Gasteiger partial charge in [-0.2, -0.15) is 0 Å². The number of hydrogen-bond acceptors (Lipinski definition) is 5. The third kappa shape index (κ3) is 2.37. The first kappa shape index (κ1) is 11.9. The Morgan fingerprint density at radius 3 is 2.89 bits per heavy atom. The molecule has 0 saturated carbocycles. The lowest BCUT2D eigenvalue weighted by atomic mass is 10.2. The number of benzene rings is 1. The fourth-order valence-electron chi connectivity index (χ4n) is 1.85. The molecule has 0 atom stereocenters. The molecule has 0 radical (unpaired) electrons. The van der Waals surface area contributed by atoms with Crippen LogP contribution >= 0.6 is 11.3 Å². The van der Waals surface area contributed by atoms with Gasteiger partial charge < -0.3 is 10.5 Å². The fraction of sp³-hybridized carbons (Fsp3) is 0.143. The number of fused-ring (bicyclic) bond motifs is 1. The van der Waals surface area contributed by atoms with Crippen LogP contribution < -0.4 is 10.5 Å². The highest BCUT2D eigenvalue weighted by Crippen LogP contribution is 2.23. The largest absolute Gasteiger partial charge is 0.485 e. The van der Waals surface area contributed by atoms with E-state index in [1.54, 1.807) is 11.3 Å². The summed E-state index contributed by atoms with van der Waals surface area (Å²) in [4.78, 5) is 9.61. The van der Waals surface area contributed by atoms with Gasteiger partial charge in [-0.05, 0) is 30.0 Å². The first-order valence-corrected chi connectivity index (χ1v) is 6.80. The van der Waals surface area contributed by atoms with Crippen LogP contribution in [0.2, 0.25) is 0 Å². The Morgan fingerprint density at radius 1 is 1.21 bits per heavy atom. The summed E-state index contributed by atoms with van der Waals surface area (Å²) in [5, 5.41) is 2.87. The van der Waals surface area contributed by atoms with Crippen molar-refractivity contribution in [2.75, 3.05) is 5.73 Å². The van der Waals surface area contributed by atoms with Crippen LogP contribution in [0.1, 0.15) is 11.4 Å². The first-order chi connectivity index (χ1) is 9.24. The average Bonchev–Trinajstić information content (AvgIpc) is 2.87. The van der Waals surface area contributed by atoms with E-state index in [9.17, 15) is 0 Å². The number of ether oxygens (including phenoxy) is 1. The Kier molecular flexibility index (Phi) is 3.05. The number of nitrogen functional groups attached to an aromatic ring is 1. The maximum absolute atomic E-state index is 5.90. The summed E-state index contributed by atoms with van der Waals surface area (Å²) in [6, 6.07) is 9.80. The second kappa shape index (κ2) is 4.85. The molecule has 1 aromatic carbocycles. The predicted octanol–water partition coefficient (Wildman–Crippen LogP) is 3.16. The number of nitrogens with two attached hydrogens (primary N) is 1. The molecule has 5 heteroatoms. The zero-order valence-corrected chi connectivity index (χ0v) is 11.3. The number of anilines is 1. The van der Waals surface area contributed by atoms with Gasteiger partial charge in [0.05, 0.1) is 5.39 Å². The predicted molar refractivity (Wildman–Crippen MR) is 77.3 cm³/mol. The monoisotopic (exact) mass is 271 g/mol. The van der Waals surface area contributed by atoms with Crippen molar-refractivity contribution in [3.05, 3.63) is 47.1 Å². The first-order valence-electron chi connectivity index (χ1n) is 5.92. The van der Waals surface area contributed by atoms with E-state index >= 15 is 0 Å². The van der Waals surface area contributed by atoms with Gasteiger partial charge in [0.25, 0.3) is 0 Å². The molecule has 0 amide bonds.